The van der Waals surface area contributed by atoms with Gasteiger partial charge in [-0.2, -0.15) is 0 Å². The molecule has 0 heterocycles. The van der Waals surface area contributed by atoms with E-state index in [2.05, 4.69) is 19.1 Å². The first-order valence-corrected chi connectivity index (χ1v) is 8.10. The maximum absolute atomic E-state index is 9.12. The minimum absolute atomic E-state index is 0.107. The number of aliphatic hydroxyl groups excluding tert-OH is 1. The van der Waals surface area contributed by atoms with Crippen LogP contribution in [0.15, 0.2) is 12.2 Å². The van der Waals surface area contributed by atoms with Crippen LogP contribution < -0.4 is 0 Å². The number of rotatable bonds is 13. The largest absolute Gasteiger partial charge is 0.393 e. The fourth-order valence-electron chi connectivity index (χ4n) is 2.14. The number of hydrogen-bond donors (Lipinski definition) is 1. The highest BCUT2D eigenvalue weighted by Gasteiger charge is 1.95. The van der Waals surface area contributed by atoms with Crippen LogP contribution in [0.1, 0.15) is 90.9 Å². The molecule has 0 aromatic heterocycles. The molecule has 0 saturated carbocycles. The summed E-state index contributed by atoms with van der Waals surface area (Å²) in [6.45, 7) is 4.13. The molecule has 0 aromatic carbocycles. The molecule has 0 fully saturated rings. The summed E-state index contributed by atoms with van der Waals surface area (Å²) in [6, 6.07) is 0. The molecule has 0 spiro atoms. The molecule has 0 saturated heterocycles. The lowest BCUT2D eigenvalue weighted by Crippen LogP contribution is -1.98. The lowest BCUT2D eigenvalue weighted by molar-refractivity contribution is 0.180. The molecule has 0 amide bonds. The maximum atomic E-state index is 9.12. The van der Waals surface area contributed by atoms with Gasteiger partial charge in [-0.25, -0.2) is 0 Å². The van der Waals surface area contributed by atoms with Gasteiger partial charge in [0.2, 0.25) is 0 Å². The zero-order valence-electron chi connectivity index (χ0n) is 12.7. The lowest BCUT2D eigenvalue weighted by atomic mass is 10.1. The molecule has 1 N–H and O–H groups in total. The van der Waals surface area contributed by atoms with E-state index in [4.69, 9.17) is 5.11 Å². The van der Waals surface area contributed by atoms with Crippen LogP contribution in [0.4, 0.5) is 0 Å². The van der Waals surface area contributed by atoms with Gasteiger partial charge in [0, 0.05) is 0 Å². The molecule has 1 atom stereocenters. The Balaban J connectivity index is 3.01. The Bertz CT molecular complexity index is 172. The Hall–Kier alpha value is -0.300. The second-order valence-corrected chi connectivity index (χ2v) is 5.51. The van der Waals surface area contributed by atoms with Crippen molar-refractivity contribution >= 4 is 0 Å². The van der Waals surface area contributed by atoms with Crippen LogP contribution in [0.3, 0.4) is 0 Å². The van der Waals surface area contributed by atoms with Gasteiger partial charge in [0.15, 0.2) is 0 Å². The van der Waals surface area contributed by atoms with Gasteiger partial charge in [-0.05, 0) is 32.6 Å². The zero-order chi connectivity index (χ0) is 13.5. The Morgan fingerprint density at radius 1 is 0.778 bits per heavy atom. The highest BCUT2D eigenvalue weighted by atomic mass is 16.3. The molecule has 0 unspecified atom stereocenters. The third kappa shape index (κ3) is 15.7. The summed E-state index contributed by atoms with van der Waals surface area (Å²) in [5.41, 5.74) is 0. The third-order valence-electron chi connectivity index (χ3n) is 3.38. The summed E-state index contributed by atoms with van der Waals surface area (Å²) in [5, 5.41) is 9.12. The van der Waals surface area contributed by atoms with E-state index in [9.17, 15) is 0 Å². The van der Waals surface area contributed by atoms with Crippen LogP contribution >= 0.6 is 0 Å². The average molecular weight is 254 g/mol. The minimum Gasteiger partial charge on any atom is -0.393 e. The molecule has 1 nitrogen and oxygen atoms in total. The predicted octanol–water partition coefficient (Wildman–Crippen LogP) is 5.62. The van der Waals surface area contributed by atoms with Crippen LogP contribution in [0.25, 0.3) is 0 Å². The van der Waals surface area contributed by atoms with Gasteiger partial charge < -0.3 is 5.11 Å². The fourth-order valence-corrected chi connectivity index (χ4v) is 2.14. The Morgan fingerprint density at radius 3 is 1.83 bits per heavy atom. The molecular weight excluding hydrogens is 220 g/mol. The predicted molar refractivity (Wildman–Crippen MR) is 81.9 cm³/mol. The van der Waals surface area contributed by atoms with Crippen molar-refractivity contribution in [2.24, 2.45) is 0 Å². The molecular formula is C17H34O. The normalized spacial score (nSPS) is 13.3. The monoisotopic (exact) mass is 254 g/mol. The Kier molecular flexibility index (Phi) is 14.5. The second kappa shape index (κ2) is 14.8. The van der Waals surface area contributed by atoms with Gasteiger partial charge in [-0.15, -0.1) is 0 Å². The molecule has 0 aliphatic heterocycles. The molecule has 1 heteroatoms. The van der Waals surface area contributed by atoms with Gasteiger partial charge >= 0.3 is 0 Å². The number of allylic oxidation sites excluding steroid dienone is 2. The number of hydrogen-bond acceptors (Lipinski definition) is 1. The fraction of sp³-hybridized carbons (Fsp3) is 0.882. The van der Waals surface area contributed by atoms with E-state index in [0.717, 1.165) is 6.42 Å². The second-order valence-electron chi connectivity index (χ2n) is 5.51. The van der Waals surface area contributed by atoms with Crippen molar-refractivity contribution in [2.75, 3.05) is 0 Å². The smallest absolute Gasteiger partial charge is 0.0512 e. The molecule has 108 valence electrons. The van der Waals surface area contributed by atoms with E-state index in [1.165, 1.54) is 70.6 Å². The van der Waals surface area contributed by atoms with Gasteiger partial charge in [0.1, 0.15) is 0 Å². The van der Waals surface area contributed by atoms with Crippen molar-refractivity contribution < 1.29 is 5.11 Å². The van der Waals surface area contributed by atoms with Crippen molar-refractivity contribution in [3.63, 3.8) is 0 Å². The summed E-state index contributed by atoms with van der Waals surface area (Å²) in [5.74, 6) is 0. The van der Waals surface area contributed by atoms with Gasteiger partial charge in [-0.3, -0.25) is 0 Å². The van der Waals surface area contributed by atoms with E-state index in [1.807, 2.05) is 6.92 Å². The van der Waals surface area contributed by atoms with Crippen molar-refractivity contribution in [2.45, 2.75) is 97.0 Å². The van der Waals surface area contributed by atoms with E-state index in [1.54, 1.807) is 0 Å². The van der Waals surface area contributed by atoms with Crippen LogP contribution in [-0.4, -0.2) is 11.2 Å². The van der Waals surface area contributed by atoms with Crippen molar-refractivity contribution in [1.29, 1.82) is 0 Å². The van der Waals surface area contributed by atoms with Gasteiger partial charge in [0.25, 0.3) is 0 Å². The summed E-state index contributed by atoms with van der Waals surface area (Å²) >= 11 is 0. The number of unbranched alkanes of at least 4 members (excludes halogenated alkanes) is 9. The van der Waals surface area contributed by atoms with Crippen LogP contribution in [0.5, 0.6) is 0 Å². The third-order valence-corrected chi connectivity index (χ3v) is 3.38. The molecule has 0 rings (SSSR count). The Morgan fingerprint density at radius 2 is 1.28 bits per heavy atom. The first-order chi connectivity index (χ1) is 8.77. The highest BCUT2D eigenvalue weighted by Crippen LogP contribution is 2.11. The summed E-state index contributed by atoms with van der Waals surface area (Å²) in [6.07, 6.45) is 20.1. The van der Waals surface area contributed by atoms with Gasteiger partial charge in [0.05, 0.1) is 6.10 Å². The van der Waals surface area contributed by atoms with Crippen LogP contribution in [0.2, 0.25) is 0 Å². The summed E-state index contributed by atoms with van der Waals surface area (Å²) < 4.78 is 0. The SMILES string of the molecule is CCCCC=CCCCCCCCCC[C@H](C)O. The topological polar surface area (TPSA) is 20.2 Å². The number of aliphatic hydroxyl groups is 1. The molecule has 0 aliphatic carbocycles. The summed E-state index contributed by atoms with van der Waals surface area (Å²) in [7, 11) is 0. The first-order valence-electron chi connectivity index (χ1n) is 8.10. The molecule has 0 bridgehead atoms. The molecule has 0 aliphatic rings. The van der Waals surface area contributed by atoms with Crippen LogP contribution in [-0.2, 0) is 0 Å². The zero-order valence-corrected chi connectivity index (χ0v) is 12.7. The minimum atomic E-state index is -0.107. The highest BCUT2D eigenvalue weighted by molar-refractivity contribution is 4.81. The molecule has 18 heavy (non-hydrogen) atoms. The maximum Gasteiger partial charge on any atom is 0.0512 e. The van der Waals surface area contributed by atoms with Crippen LogP contribution in [0, 0.1) is 0 Å². The quantitative estimate of drug-likeness (QED) is 0.334. The standard InChI is InChI=1S/C17H34O/c1-3-4-5-6-7-8-9-10-11-12-13-14-15-16-17(2)18/h6-7,17-18H,3-5,8-16H2,1-2H3/t17-/m0/s1. The lowest BCUT2D eigenvalue weighted by Gasteiger charge is -2.03. The van der Waals surface area contributed by atoms with Crippen molar-refractivity contribution in [1.82, 2.24) is 0 Å². The van der Waals surface area contributed by atoms with E-state index >= 15 is 0 Å². The molecule has 0 aromatic rings. The van der Waals surface area contributed by atoms with Gasteiger partial charge in [-0.1, -0.05) is 70.4 Å². The van der Waals surface area contributed by atoms with E-state index in [0.29, 0.717) is 0 Å². The summed E-state index contributed by atoms with van der Waals surface area (Å²) in [4.78, 5) is 0. The van der Waals surface area contributed by atoms with Crippen molar-refractivity contribution in [3.8, 4) is 0 Å². The van der Waals surface area contributed by atoms with E-state index in [-0.39, 0.29) is 6.10 Å². The first kappa shape index (κ1) is 17.7. The Labute approximate surface area is 115 Å². The van der Waals surface area contributed by atoms with E-state index < -0.39 is 0 Å². The average Bonchev–Trinajstić information content (AvgIpc) is 2.34. The van der Waals surface area contributed by atoms with Crippen molar-refractivity contribution in [3.05, 3.63) is 12.2 Å². The molecule has 0 radical (unpaired) electrons.